The van der Waals surface area contributed by atoms with Gasteiger partial charge in [0.2, 0.25) is 0 Å². The van der Waals surface area contributed by atoms with Crippen molar-refractivity contribution in [2.24, 2.45) is 0 Å². The van der Waals surface area contributed by atoms with Gasteiger partial charge in [-0.05, 0) is 0 Å². The Morgan fingerprint density at radius 1 is 1.21 bits per heavy atom. The number of hydrogen-bond donors (Lipinski definition) is 0. The Morgan fingerprint density at radius 2 is 2.05 bits per heavy atom. The molecular formula is C18H19Zr. The summed E-state index contributed by atoms with van der Waals surface area (Å²) in [5.74, 6) is 0. The predicted molar refractivity (Wildman–Crippen MR) is 77.6 cm³/mol. The molecule has 0 bridgehead atoms. The molecule has 0 amide bonds. The normalized spacial score (nSPS) is 20.9. The molecule has 0 saturated heterocycles. The molecule has 0 nitrogen and oxygen atoms in total. The Kier molecular flexibility index (Phi) is 3.76. The molecule has 1 unspecified atom stereocenters. The van der Waals surface area contributed by atoms with Gasteiger partial charge in [-0.1, -0.05) is 0 Å². The first-order valence-electron chi connectivity index (χ1n) is 7.20. The van der Waals surface area contributed by atoms with E-state index in [2.05, 4.69) is 50.3 Å². The van der Waals surface area contributed by atoms with E-state index in [0.29, 0.717) is 3.63 Å². The van der Waals surface area contributed by atoms with Crippen molar-refractivity contribution in [2.75, 3.05) is 0 Å². The Labute approximate surface area is 131 Å². The predicted octanol–water partition coefficient (Wildman–Crippen LogP) is 4.90. The average Bonchev–Trinajstić information content (AvgIpc) is 3.04. The molecule has 0 aromatic heterocycles. The molecule has 0 N–H and O–H groups in total. The molecule has 1 heteroatoms. The van der Waals surface area contributed by atoms with Crippen LogP contribution in [0.25, 0.3) is 5.57 Å². The third kappa shape index (κ3) is 2.07. The van der Waals surface area contributed by atoms with Gasteiger partial charge in [-0.2, -0.15) is 0 Å². The third-order valence-corrected chi connectivity index (χ3v) is 5.74. The van der Waals surface area contributed by atoms with E-state index in [0.717, 1.165) is 19.3 Å². The molecule has 1 aromatic carbocycles. The van der Waals surface area contributed by atoms with Crippen LogP contribution >= 0.6 is 0 Å². The van der Waals surface area contributed by atoms with E-state index in [4.69, 9.17) is 0 Å². The summed E-state index contributed by atoms with van der Waals surface area (Å²) in [6, 6.07) is 6.90. The summed E-state index contributed by atoms with van der Waals surface area (Å²) in [7, 11) is 0. The molecule has 0 fully saturated rings. The van der Waals surface area contributed by atoms with Crippen molar-refractivity contribution in [1.29, 1.82) is 0 Å². The van der Waals surface area contributed by atoms with Crippen LogP contribution in [0.2, 0.25) is 0 Å². The van der Waals surface area contributed by atoms with Crippen LogP contribution < -0.4 is 0 Å². The van der Waals surface area contributed by atoms with Gasteiger partial charge in [0, 0.05) is 0 Å². The number of benzene rings is 1. The fourth-order valence-electron chi connectivity index (χ4n) is 3.38. The van der Waals surface area contributed by atoms with Crippen LogP contribution in [-0.4, -0.2) is 0 Å². The fraction of sp³-hybridized carbons (Fsp3) is 0.333. The average molecular weight is 327 g/mol. The molecule has 2 aliphatic carbocycles. The van der Waals surface area contributed by atoms with E-state index in [1.165, 1.54) is 5.56 Å². The van der Waals surface area contributed by atoms with E-state index >= 15 is 0 Å². The van der Waals surface area contributed by atoms with Gasteiger partial charge >= 0.3 is 131 Å². The van der Waals surface area contributed by atoms with Gasteiger partial charge in [-0.25, -0.2) is 0 Å². The van der Waals surface area contributed by atoms with Crippen LogP contribution in [0.3, 0.4) is 0 Å². The van der Waals surface area contributed by atoms with Gasteiger partial charge < -0.3 is 0 Å². The van der Waals surface area contributed by atoms with E-state index in [1.807, 2.05) is 0 Å². The SMILES string of the molecule is CCC1=C(C2=CC=CC2)[CH]([Zr])c2cccc(CC)c21. The zero-order chi connectivity index (χ0) is 13.4. The first kappa shape index (κ1) is 13.3. The number of allylic oxidation sites excluding steroid dienone is 6. The van der Waals surface area contributed by atoms with Crippen LogP contribution in [0.1, 0.15) is 47.0 Å². The van der Waals surface area contributed by atoms with Crippen molar-refractivity contribution in [1.82, 2.24) is 0 Å². The Morgan fingerprint density at radius 3 is 2.68 bits per heavy atom. The Balaban J connectivity index is 2.19. The van der Waals surface area contributed by atoms with E-state index in [1.54, 1.807) is 52.6 Å². The molecule has 0 heterocycles. The summed E-state index contributed by atoms with van der Waals surface area (Å²) in [5.41, 5.74) is 9.50. The van der Waals surface area contributed by atoms with Gasteiger partial charge in [0.15, 0.2) is 0 Å². The second-order valence-electron chi connectivity index (χ2n) is 5.24. The first-order chi connectivity index (χ1) is 9.27. The van der Waals surface area contributed by atoms with Gasteiger partial charge in [-0.3, -0.25) is 0 Å². The summed E-state index contributed by atoms with van der Waals surface area (Å²) in [6.07, 6.45) is 10.2. The fourth-order valence-corrected chi connectivity index (χ4v) is 4.86. The first-order valence-corrected chi connectivity index (χ1v) is 8.62. The summed E-state index contributed by atoms with van der Waals surface area (Å²) in [4.78, 5) is 0. The Hall–Kier alpha value is -0.677. The van der Waals surface area contributed by atoms with Crippen molar-refractivity contribution in [2.45, 2.75) is 36.7 Å². The van der Waals surface area contributed by atoms with E-state index < -0.39 is 0 Å². The van der Waals surface area contributed by atoms with Gasteiger partial charge in [0.1, 0.15) is 0 Å². The van der Waals surface area contributed by atoms with Crippen molar-refractivity contribution < 1.29 is 24.7 Å². The van der Waals surface area contributed by atoms with Crippen LogP contribution in [-0.2, 0) is 31.1 Å². The molecule has 95 valence electrons. The Bertz CT molecular complexity index is 602. The molecular weight excluding hydrogens is 307 g/mol. The molecule has 19 heavy (non-hydrogen) atoms. The van der Waals surface area contributed by atoms with Crippen LogP contribution in [0.15, 0.2) is 47.6 Å². The second kappa shape index (κ2) is 5.37. The zero-order valence-electron chi connectivity index (χ0n) is 11.7. The van der Waals surface area contributed by atoms with E-state index in [9.17, 15) is 0 Å². The van der Waals surface area contributed by atoms with Crippen LogP contribution in [0, 0.1) is 0 Å². The van der Waals surface area contributed by atoms with Crippen LogP contribution in [0.5, 0.6) is 0 Å². The number of hydrogen-bond acceptors (Lipinski definition) is 0. The summed E-state index contributed by atoms with van der Waals surface area (Å²) in [6.45, 7) is 4.58. The van der Waals surface area contributed by atoms with E-state index in [-0.39, 0.29) is 0 Å². The summed E-state index contributed by atoms with van der Waals surface area (Å²) < 4.78 is 0.648. The quantitative estimate of drug-likeness (QED) is 0.741. The minimum absolute atomic E-state index is 0.648. The number of fused-ring (bicyclic) bond motifs is 1. The molecule has 2 aliphatic rings. The zero-order valence-corrected chi connectivity index (χ0v) is 14.1. The molecule has 3 rings (SSSR count). The maximum absolute atomic E-state index is 2.35. The van der Waals surface area contributed by atoms with Crippen molar-refractivity contribution >= 4 is 5.57 Å². The molecule has 1 aromatic rings. The van der Waals surface area contributed by atoms with Gasteiger partial charge in [-0.15, -0.1) is 0 Å². The molecule has 0 spiro atoms. The maximum atomic E-state index is 2.35. The third-order valence-electron chi connectivity index (χ3n) is 4.26. The van der Waals surface area contributed by atoms with Crippen molar-refractivity contribution in [3.63, 3.8) is 0 Å². The standard InChI is InChI=1S/C18H19.Zr/c1-3-13-10-7-11-15-12-17(14-8-5-6-9-14)16(4-2)18(13)15;/h5-8,10-12H,3-4,9H2,1-2H3;. The van der Waals surface area contributed by atoms with Gasteiger partial charge in [0.25, 0.3) is 0 Å². The number of aryl methyl sites for hydroxylation is 1. The summed E-state index contributed by atoms with van der Waals surface area (Å²) in [5, 5.41) is 0. The second-order valence-corrected chi connectivity index (χ2v) is 6.66. The van der Waals surface area contributed by atoms with Crippen LogP contribution in [0.4, 0.5) is 0 Å². The molecule has 0 saturated carbocycles. The number of rotatable bonds is 3. The monoisotopic (exact) mass is 325 g/mol. The molecule has 1 atom stereocenters. The molecule has 0 aliphatic heterocycles. The summed E-state index contributed by atoms with van der Waals surface area (Å²) >= 11 is 1.62. The van der Waals surface area contributed by atoms with Gasteiger partial charge in [0.05, 0.1) is 0 Å². The molecule has 0 radical (unpaired) electrons. The minimum atomic E-state index is 0.648. The van der Waals surface area contributed by atoms with Crippen molar-refractivity contribution in [3.8, 4) is 0 Å². The topological polar surface area (TPSA) is 0 Å². The van der Waals surface area contributed by atoms with Crippen molar-refractivity contribution in [3.05, 3.63) is 64.3 Å².